The molecular formula is C14H11Br2Cl2N. The van der Waals surface area contributed by atoms with Gasteiger partial charge in [-0.15, -0.1) is 0 Å². The van der Waals surface area contributed by atoms with Crippen LogP contribution in [-0.2, 0) is 0 Å². The Hall–Kier alpha value is -0.220. The molecule has 1 atom stereocenters. The molecule has 0 bridgehead atoms. The number of rotatable bonds is 3. The van der Waals surface area contributed by atoms with Crippen molar-refractivity contribution in [1.29, 1.82) is 0 Å². The number of halogens is 4. The molecule has 0 fully saturated rings. The average molecular weight is 424 g/mol. The third-order valence-corrected chi connectivity index (χ3v) is 4.83. The largest absolute Gasteiger partial charge is 0.377 e. The summed E-state index contributed by atoms with van der Waals surface area (Å²) in [7, 11) is 0. The molecule has 0 amide bonds. The number of nitrogens with one attached hydrogen (secondary N) is 1. The first-order chi connectivity index (χ1) is 8.99. The van der Waals surface area contributed by atoms with Gasteiger partial charge < -0.3 is 5.32 Å². The fraction of sp³-hybridized carbons (Fsp3) is 0.143. The summed E-state index contributed by atoms with van der Waals surface area (Å²) < 4.78 is 2.02. The summed E-state index contributed by atoms with van der Waals surface area (Å²) >= 11 is 19.0. The lowest BCUT2D eigenvalue weighted by molar-refractivity contribution is 0.882. The van der Waals surface area contributed by atoms with E-state index < -0.39 is 0 Å². The highest BCUT2D eigenvalue weighted by molar-refractivity contribution is 9.11. The summed E-state index contributed by atoms with van der Waals surface area (Å²) in [5.41, 5.74) is 2.10. The first-order valence-corrected chi connectivity index (χ1v) is 7.98. The van der Waals surface area contributed by atoms with Gasteiger partial charge in [-0.25, -0.2) is 0 Å². The van der Waals surface area contributed by atoms with E-state index in [1.165, 1.54) is 0 Å². The van der Waals surface area contributed by atoms with Gasteiger partial charge in [0.2, 0.25) is 0 Å². The lowest BCUT2D eigenvalue weighted by Gasteiger charge is -2.18. The van der Waals surface area contributed by atoms with E-state index in [-0.39, 0.29) is 6.04 Å². The van der Waals surface area contributed by atoms with E-state index in [1.54, 1.807) is 0 Å². The molecule has 1 unspecified atom stereocenters. The van der Waals surface area contributed by atoms with Gasteiger partial charge in [0.1, 0.15) is 0 Å². The minimum atomic E-state index is 0.116. The Kier molecular flexibility index (Phi) is 5.18. The van der Waals surface area contributed by atoms with Gasteiger partial charge in [0, 0.05) is 15.0 Å². The SMILES string of the molecule is CC(Nc1c(Br)cccc1Br)c1ccc(Cl)c(Cl)c1. The van der Waals surface area contributed by atoms with E-state index in [0.29, 0.717) is 10.0 Å². The van der Waals surface area contributed by atoms with Crippen LogP contribution in [0.15, 0.2) is 45.3 Å². The van der Waals surface area contributed by atoms with E-state index in [4.69, 9.17) is 23.2 Å². The standard InChI is InChI=1S/C14H11Br2Cl2N/c1-8(9-5-6-12(17)13(18)7-9)19-14-10(15)3-2-4-11(14)16/h2-8,19H,1H3. The Morgan fingerprint density at radius 1 is 1.00 bits per heavy atom. The molecule has 0 radical (unpaired) electrons. The second-order valence-electron chi connectivity index (χ2n) is 4.14. The molecule has 100 valence electrons. The van der Waals surface area contributed by atoms with Crippen LogP contribution in [0.3, 0.4) is 0 Å². The van der Waals surface area contributed by atoms with Gasteiger partial charge in [-0.1, -0.05) is 35.3 Å². The summed E-state index contributed by atoms with van der Waals surface area (Å²) in [5, 5.41) is 4.58. The Labute approximate surface area is 139 Å². The predicted octanol–water partition coefficient (Wildman–Crippen LogP) is 6.69. The highest BCUT2D eigenvalue weighted by Gasteiger charge is 2.11. The number of hydrogen-bond acceptors (Lipinski definition) is 1. The molecule has 0 aliphatic carbocycles. The van der Waals surface area contributed by atoms with Crippen LogP contribution < -0.4 is 5.32 Å². The summed E-state index contributed by atoms with van der Waals surface area (Å²) in [6, 6.07) is 11.7. The normalized spacial score (nSPS) is 12.3. The summed E-state index contributed by atoms with van der Waals surface area (Å²) in [4.78, 5) is 0. The summed E-state index contributed by atoms with van der Waals surface area (Å²) in [5.74, 6) is 0. The molecule has 0 heterocycles. The molecule has 2 rings (SSSR count). The zero-order chi connectivity index (χ0) is 14.0. The second-order valence-corrected chi connectivity index (χ2v) is 6.66. The van der Waals surface area contributed by atoms with Crippen LogP contribution in [0.5, 0.6) is 0 Å². The third kappa shape index (κ3) is 3.66. The van der Waals surface area contributed by atoms with Gasteiger partial charge in [0.15, 0.2) is 0 Å². The fourth-order valence-corrected chi connectivity index (χ4v) is 3.25. The first kappa shape index (κ1) is 15.2. The van der Waals surface area contributed by atoms with Crippen LogP contribution >= 0.6 is 55.1 Å². The minimum absolute atomic E-state index is 0.116. The van der Waals surface area contributed by atoms with Gasteiger partial charge in [-0.2, -0.15) is 0 Å². The minimum Gasteiger partial charge on any atom is -0.377 e. The Morgan fingerprint density at radius 2 is 1.63 bits per heavy atom. The molecule has 0 saturated carbocycles. The maximum absolute atomic E-state index is 6.05. The smallest absolute Gasteiger partial charge is 0.0633 e. The topological polar surface area (TPSA) is 12.0 Å². The van der Waals surface area contributed by atoms with E-state index in [9.17, 15) is 0 Å². The third-order valence-electron chi connectivity index (χ3n) is 2.77. The maximum Gasteiger partial charge on any atom is 0.0633 e. The molecule has 0 aliphatic heterocycles. The van der Waals surface area contributed by atoms with Crippen molar-refractivity contribution in [1.82, 2.24) is 0 Å². The molecule has 1 nitrogen and oxygen atoms in total. The van der Waals surface area contributed by atoms with Crippen LogP contribution in [0.25, 0.3) is 0 Å². The van der Waals surface area contributed by atoms with Crippen LogP contribution in [0, 0.1) is 0 Å². The van der Waals surface area contributed by atoms with Gasteiger partial charge in [0.25, 0.3) is 0 Å². The quantitative estimate of drug-likeness (QED) is 0.579. The van der Waals surface area contributed by atoms with Gasteiger partial charge in [-0.05, 0) is 68.6 Å². The van der Waals surface area contributed by atoms with E-state index in [0.717, 1.165) is 20.2 Å². The van der Waals surface area contributed by atoms with E-state index in [1.807, 2.05) is 36.4 Å². The molecule has 0 saturated heterocycles. The van der Waals surface area contributed by atoms with Crippen LogP contribution in [0.2, 0.25) is 10.0 Å². The van der Waals surface area contributed by atoms with Crippen molar-refractivity contribution in [3.05, 3.63) is 61.0 Å². The number of para-hydroxylation sites is 1. The van der Waals surface area contributed by atoms with E-state index in [2.05, 4.69) is 44.1 Å². The second kappa shape index (κ2) is 6.49. The van der Waals surface area contributed by atoms with Crippen molar-refractivity contribution in [2.45, 2.75) is 13.0 Å². The monoisotopic (exact) mass is 421 g/mol. The molecular weight excluding hydrogens is 413 g/mol. The fourth-order valence-electron chi connectivity index (χ4n) is 1.72. The highest BCUT2D eigenvalue weighted by atomic mass is 79.9. The molecule has 19 heavy (non-hydrogen) atoms. The Bertz CT molecular complexity index is 582. The number of benzene rings is 2. The summed E-state index contributed by atoms with van der Waals surface area (Å²) in [6.45, 7) is 2.07. The van der Waals surface area contributed by atoms with Crippen molar-refractivity contribution in [3.63, 3.8) is 0 Å². The van der Waals surface area contributed by atoms with E-state index >= 15 is 0 Å². The molecule has 0 spiro atoms. The molecule has 5 heteroatoms. The highest BCUT2D eigenvalue weighted by Crippen LogP contribution is 2.34. The molecule has 2 aromatic carbocycles. The van der Waals surface area contributed by atoms with Gasteiger partial charge in [-0.3, -0.25) is 0 Å². The zero-order valence-electron chi connectivity index (χ0n) is 10.1. The molecule has 0 aliphatic rings. The maximum atomic E-state index is 6.05. The average Bonchev–Trinajstić information content (AvgIpc) is 2.37. The van der Waals surface area contributed by atoms with Crippen LogP contribution in [0.1, 0.15) is 18.5 Å². The Balaban J connectivity index is 2.25. The predicted molar refractivity (Wildman–Crippen MR) is 90.3 cm³/mol. The lowest BCUT2D eigenvalue weighted by Crippen LogP contribution is -2.07. The number of anilines is 1. The van der Waals surface area contributed by atoms with Gasteiger partial charge >= 0.3 is 0 Å². The van der Waals surface area contributed by atoms with Crippen molar-refractivity contribution in [2.24, 2.45) is 0 Å². The lowest BCUT2D eigenvalue weighted by atomic mass is 10.1. The Morgan fingerprint density at radius 3 is 2.21 bits per heavy atom. The van der Waals surface area contributed by atoms with Crippen molar-refractivity contribution in [3.8, 4) is 0 Å². The molecule has 1 N–H and O–H groups in total. The summed E-state index contributed by atoms with van der Waals surface area (Å²) in [6.07, 6.45) is 0. The molecule has 2 aromatic rings. The van der Waals surface area contributed by atoms with Crippen molar-refractivity contribution < 1.29 is 0 Å². The first-order valence-electron chi connectivity index (χ1n) is 5.64. The van der Waals surface area contributed by atoms with Crippen molar-refractivity contribution in [2.75, 3.05) is 5.32 Å². The zero-order valence-corrected chi connectivity index (χ0v) is 14.7. The van der Waals surface area contributed by atoms with Gasteiger partial charge in [0.05, 0.1) is 15.7 Å². The van der Waals surface area contributed by atoms with Crippen LogP contribution in [0.4, 0.5) is 5.69 Å². The molecule has 0 aromatic heterocycles. The number of hydrogen-bond donors (Lipinski definition) is 1. The van der Waals surface area contributed by atoms with Crippen molar-refractivity contribution >= 4 is 60.7 Å². The van der Waals surface area contributed by atoms with Crippen LogP contribution in [-0.4, -0.2) is 0 Å².